The average molecular weight is 411 g/mol. The van der Waals surface area contributed by atoms with Crippen LogP contribution in [0.5, 0.6) is 5.75 Å². The Morgan fingerprint density at radius 3 is 2.57 bits per heavy atom. The fourth-order valence-corrected chi connectivity index (χ4v) is 3.38. The Balaban J connectivity index is 1.52. The maximum atomic E-state index is 12.2. The topological polar surface area (TPSA) is 50.7 Å². The van der Waals surface area contributed by atoms with Crippen molar-refractivity contribution in [3.8, 4) is 5.75 Å². The number of rotatable bonds is 7. The minimum atomic E-state index is -0.254. The molecule has 3 rings (SSSR count). The van der Waals surface area contributed by atoms with Crippen molar-refractivity contribution in [1.29, 1.82) is 0 Å². The van der Waals surface area contributed by atoms with Gasteiger partial charge < -0.3 is 4.74 Å². The molecule has 1 amide bonds. The Morgan fingerprint density at radius 2 is 1.86 bits per heavy atom. The number of hydrogen-bond donors (Lipinski definition) is 1. The smallest absolute Gasteiger partial charge is 0.271 e. The summed E-state index contributed by atoms with van der Waals surface area (Å²) in [6.45, 7) is 0. The highest BCUT2D eigenvalue weighted by Crippen LogP contribution is 2.24. The van der Waals surface area contributed by atoms with Gasteiger partial charge in [-0.3, -0.25) is 4.79 Å². The van der Waals surface area contributed by atoms with Crippen LogP contribution >= 0.6 is 23.4 Å². The van der Waals surface area contributed by atoms with Gasteiger partial charge in [0.25, 0.3) is 5.91 Å². The predicted molar refractivity (Wildman–Crippen MR) is 116 cm³/mol. The lowest BCUT2D eigenvalue weighted by atomic mass is 10.1. The quantitative estimate of drug-likeness (QED) is 0.322. The van der Waals surface area contributed by atoms with E-state index >= 15 is 0 Å². The standard InChI is InChI=1S/C22H19ClN2O2S/c1-27-20-4-2-3-17(13-20)14-24-25-22(26)18-7-5-16(6-8-18)15-28-21-11-9-19(23)10-12-21/h2-14H,15H2,1H3,(H,25,26)/b24-14-. The molecule has 3 aromatic carbocycles. The number of carbonyl (C=O) groups excluding carboxylic acids is 1. The minimum absolute atomic E-state index is 0.254. The lowest BCUT2D eigenvalue weighted by Crippen LogP contribution is -2.17. The van der Waals surface area contributed by atoms with Crippen molar-refractivity contribution < 1.29 is 9.53 Å². The van der Waals surface area contributed by atoms with Gasteiger partial charge in [0.1, 0.15) is 5.75 Å². The van der Waals surface area contributed by atoms with E-state index in [1.54, 1.807) is 37.2 Å². The van der Waals surface area contributed by atoms with E-state index in [-0.39, 0.29) is 5.91 Å². The van der Waals surface area contributed by atoms with Gasteiger partial charge >= 0.3 is 0 Å². The molecule has 0 aromatic heterocycles. The molecule has 0 radical (unpaired) electrons. The Labute approximate surface area is 173 Å². The summed E-state index contributed by atoms with van der Waals surface area (Å²) in [6, 6.07) is 22.7. The van der Waals surface area contributed by atoms with E-state index in [1.165, 1.54) is 0 Å². The summed E-state index contributed by atoms with van der Waals surface area (Å²) in [6.07, 6.45) is 1.58. The van der Waals surface area contributed by atoms with Crippen molar-refractivity contribution >= 4 is 35.5 Å². The molecule has 0 aliphatic rings. The van der Waals surface area contributed by atoms with E-state index in [0.29, 0.717) is 5.56 Å². The number of halogens is 1. The molecule has 4 nitrogen and oxygen atoms in total. The summed E-state index contributed by atoms with van der Waals surface area (Å²) < 4.78 is 5.16. The highest BCUT2D eigenvalue weighted by Gasteiger charge is 2.04. The molecule has 0 saturated heterocycles. The molecule has 142 valence electrons. The summed E-state index contributed by atoms with van der Waals surface area (Å²) in [7, 11) is 1.61. The van der Waals surface area contributed by atoms with Crippen LogP contribution in [0.1, 0.15) is 21.5 Å². The Hall–Kier alpha value is -2.76. The molecule has 0 heterocycles. The maximum absolute atomic E-state index is 12.2. The number of nitrogens with zero attached hydrogens (tertiary/aromatic N) is 1. The second-order valence-corrected chi connectivity index (χ2v) is 7.40. The van der Waals surface area contributed by atoms with Crippen LogP contribution in [0.3, 0.4) is 0 Å². The van der Waals surface area contributed by atoms with Gasteiger partial charge in [-0.25, -0.2) is 5.43 Å². The monoisotopic (exact) mass is 410 g/mol. The number of methoxy groups -OCH3 is 1. The molecule has 0 spiro atoms. The van der Waals surface area contributed by atoms with Crippen LogP contribution in [0.4, 0.5) is 0 Å². The number of nitrogens with one attached hydrogen (secondary N) is 1. The van der Waals surface area contributed by atoms with Gasteiger partial charge in [0.2, 0.25) is 0 Å². The molecular formula is C22H19ClN2O2S. The van der Waals surface area contributed by atoms with Gasteiger partial charge in [-0.05, 0) is 59.7 Å². The highest BCUT2D eigenvalue weighted by molar-refractivity contribution is 7.98. The van der Waals surface area contributed by atoms with Crippen molar-refractivity contribution in [2.45, 2.75) is 10.6 Å². The van der Waals surface area contributed by atoms with Gasteiger partial charge in [0, 0.05) is 21.2 Å². The molecule has 0 aliphatic carbocycles. The van der Waals surface area contributed by atoms with E-state index in [4.69, 9.17) is 16.3 Å². The van der Waals surface area contributed by atoms with Crippen molar-refractivity contribution in [3.05, 3.63) is 94.5 Å². The summed E-state index contributed by atoms with van der Waals surface area (Å²) in [4.78, 5) is 13.4. The zero-order valence-corrected chi connectivity index (χ0v) is 16.8. The van der Waals surface area contributed by atoms with Crippen LogP contribution in [0.2, 0.25) is 5.02 Å². The van der Waals surface area contributed by atoms with Crippen molar-refractivity contribution in [2.24, 2.45) is 5.10 Å². The first-order valence-corrected chi connectivity index (χ1v) is 9.95. The summed E-state index contributed by atoms with van der Waals surface area (Å²) in [5.74, 6) is 1.30. The fraction of sp³-hybridized carbons (Fsp3) is 0.0909. The Morgan fingerprint density at radius 1 is 1.11 bits per heavy atom. The van der Waals surface area contributed by atoms with E-state index in [9.17, 15) is 4.79 Å². The van der Waals surface area contributed by atoms with Crippen molar-refractivity contribution in [1.82, 2.24) is 5.43 Å². The first-order valence-electron chi connectivity index (χ1n) is 8.59. The predicted octanol–water partition coefficient (Wildman–Crippen LogP) is 5.40. The minimum Gasteiger partial charge on any atom is -0.497 e. The molecule has 0 atom stereocenters. The highest BCUT2D eigenvalue weighted by atomic mass is 35.5. The van der Waals surface area contributed by atoms with Crippen LogP contribution in [-0.4, -0.2) is 19.2 Å². The number of benzene rings is 3. The Bertz CT molecular complexity index is 957. The number of thioether (sulfide) groups is 1. The van der Waals surface area contributed by atoms with Crippen LogP contribution in [0.15, 0.2) is 82.8 Å². The van der Waals surface area contributed by atoms with Crippen LogP contribution in [0, 0.1) is 0 Å². The average Bonchev–Trinajstić information content (AvgIpc) is 2.74. The molecule has 6 heteroatoms. The Kier molecular flexibility index (Phi) is 7.12. The maximum Gasteiger partial charge on any atom is 0.271 e. The molecule has 3 aromatic rings. The fourth-order valence-electron chi connectivity index (χ4n) is 2.40. The number of hydrogen-bond acceptors (Lipinski definition) is 4. The SMILES string of the molecule is COc1cccc(/C=N\NC(=O)c2ccc(CSc3ccc(Cl)cc3)cc2)c1. The second-order valence-electron chi connectivity index (χ2n) is 5.92. The van der Waals surface area contributed by atoms with Gasteiger partial charge in [0.05, 0.1) is 13.3 Å². The number of amides is 1. The lowest BCUT2D eigenvalue weighted by molar-refractivity contribution is 0.0955. The third kappa shape index (κ3) is 5.87. The normalized spacial score (nSPS) is 10.8. The van der Waals surface area contributed by atoms with Crippen LogP contribution in [-0.2, 0) is 5.75 Å². The first-order chi connectivity index (χ1) is 13.6. The summed E-state index contributed by atoms with van der Waals surface area (Å²) in [5, 5.41) is 4.73. The number of hydrazone groups is 1. The molecule has 0 bridgehead atoms. The molecule has 1 N–H and O–H groups in total. The zero-order chi connectivity index (χ0) is 19.8. The van der Waals surface area contributed by atoms with E-state index < -0.39 is 0 Å². The lowest BCUT2D eigenvalue weighted by Gasteiger charge is -2.04. The van der Waals surface area contributed by atoms with Gasteiger partial charge in [-0.2, -0.15) is 5.10 Å². The second kappa shape index (κ2) is 9.97. The third-order valence-electron chi connectivity index (χ3n) is 3.91. The molecule has 28 heavy (non-hydrogen) atoms. The van der Waals surface area contributed by atoms with Crippen molar-refractivity contribution in [2.75, 3.05) is 7.11 Å². The largest absolute Gasteiger partial charge is 0.497 e. The number of carbonyl (C=O) groups is 1. The van der Waals surface area contributed by atoms with Gasteiger partial charge in [-0.15, -0.1) is 11.8 Å². The van der Waals surface area contributed by atoms with E-state index in [2.05, 4.69) is 10.5 Å². The van der Waals surface area contributed by atoms with E-state index in [1.807, 2.05) is 60.7 Å². The zero-order valence-electron chi connectivity index (χ0n) is 15.3. The number of ether oxygens (including phenoxy) is 1. The molecule has 0 unspecified atom stereocenters. The van der Waals surface area contributed by atoms with Crippen LogP contribution in [0.25, 0.3) is 0 Å². The van der Waals surface area contributed by atoms with E-state index in [0.717, 1.165) is 32.5 Å². The molecular weight excluding hydrogens is 392 g/mol. The van der Waals surface area contributed by atoms with Crippen LogP contribution < -0.4 is 10.2 Å². The molecule has 0 aliphatic heterocycles. The summed E-state index contributed by atoms with van der Waals surface area (Å²) >= 11 is 7.62. The van der Waals surface area contributed by atoms with Crippen molar-refractivity contribution in [3.63, 3.8) is 0 Å². The molecule has 0 fully saturated rings. The first kappa shape index (κ1) is 20.0. The van der Waals surface area contributed by atoms with Gasteiger partial charge in [-0.1, -0.05) is 35.9 Å². The van der Waals surface area contributed by atoms with Gasteiger partial charge in [0.15, 0.2) is 0 Å². The summed E-state index contributed by atoms with van der Waals surface area (Å²) in [5.41, 5.74) is 5.08. The third-order valence-corrected chi connectivity index (χ3v) is 5.24. The molecule has 0 saturated carbocycles.